The molecule has 1 unspecified atom stereocenters. The maximum absolute atomic E-state index is 12.2. The fourth-order valence-corrected chi connectivity index (χ4v) is 1.89. The molecule has 0 aliphatic rings. The van der Waals surface area contributed by atoms with E-state index in [1.807, 2.05) is 0 Å². The molecule has 0 saturated heterocycles. The Hall–Kier alpha value is -1.72. The number of benzene rings is 2. The summed E-state index contributed by atoms with van der Waals surface area (Å²) in [6, 6.07) is 11.9. The molecule has 20 heavy (non-hydrogen) atoms. The molecule has 0 bridgehead atoms. The molecule has 2 aromatic carbocycles. The van der Waals surface area contributed by atoms with E-state index < -0.39 is 12.4 Å². The molecular formula is C14H11ClF3NO. The van der Waals surface area contributed by atoms with E-state index in [4.69, 9.17) is 17.3 Å². The summed E-state index contributed by atoms with van der Waals surface area (Å²) in [6.07, 6.45) is -4.72. The van der Waals surface area contributed by atoms with Crippen molar-refractivity contribution < 1.29 is 17.9 Å². The lowest BCUT2D eigenvalue weighted by Gasteiger charge is -2.15. The molecule has 2 rings (SSSR count). The molecule has 0 aliphatic heterocycles. The first-order valence-corrected chi connectivity index (χ1v) is 6.10. The minimum absolute atomic E-state index is 0.292. The van der Waals surface area contributed by atoms with Crippen molar-refractivity contribution in [2.24, 2.45) is 5.73 Å². The second-order valence-electron chi connectivity index (χ2n) is 4.15. The SMILES string of the molecule is NC(c1ccc(Cl)cc1)c1cccc(OC(F)(F)F)c1. The summed E-state index contributed by atoms with van der Waals surface area (Å²) >= 11 is 5.77. The first-order valence-electron chi connectivity index (χ1n) is 5.72. The number of alkyl halides is 3. The summed E-state index contributed by atoms with van der Waals surface area (Å²) in [7, 11) is 0. The highest BCUT2D eigenvalue weighted by atomic mass is 35.5. The van der Waals surface area contributed by atoms with Crippen molar-refractivity contribution in [3.05, 3.63) is 64.7 Å². The number of nitrogens with two attached hydrogens (primary N) is 1. The number of hydrogen-bond acceptors (Lipinski definition) is 2. The molecule has 0 fully saturated rings. The third-order valence-electron chi connectivity index (χ3n) is 2.68. The summed E-state index contributed by atoms with van der Waals surface area (Å²) in [6.45, 7) is 0. The van der Waals surface area contributed by atoms with E-state index in [2.05, 4.69) is 4.74 Å². The molecule has 2 aromatic rings. The zero-order chi connectivity index (χ0) is 14.8. The van der Waals surface area contributed by atoms with E-state index in [1.165, 1.54) is 18.2 Å². The number of rotatable bonds is 3. The van der Waals surface area contributed by atoms with Crippen molar-refractivity contribution >= 4 is 11.6 Å². The van der Waals surface area contributed by atoms with Gasteiger partial charge >= 0.3 is 6.36 Å². The molecule has 1 atom stereocenters. The lowest BCUT2D eigenvalue weighted by molar-refractivity contribution is -0.274. The number of halogens is 4. The highest BCUT2D eigenvalue weighted by molar-refractivity contribution is 6.30. The Balaban J connectivity index is 2.24. The van der Waals surface area contributed by atoms with Gasteiger partial charge in [0.15, 0.2) is 0 Å². The third-order valence-corrected chi connectivity index (χ3v) is 2.93. The Kier molecular flexibility index (Phi) is 4.20. The van der Waals surface area contributed by atoms with Gasteiger partial charge in [-0.1, -0.05) is 35.9 Å². The van der Waals surface area contributed by atoms with Crippen LogP contribution in [0.25, 0.3) is 0 Å². The molecule has 6 heteroatoms. The molecule has 106 valence electrons. The van der Waals surface area contributed by atoms with Gasteiger partial charge in [0.2, 0.25) is 0 Å². The summed E-state index contributed by atoms with van der Waals surface area (Å²) < 4.78 is 40.4. The molecular weight excluding hydrogens is 291 g/mol. The standard InChI is InChI=1S/C14H11ClF3NO/c15-11-6-4-9(5-7-11)13(19)10-2-1-3-12(8-10)20-14(16,17)18/h1-8,13H,19H2. The van der Waals surface area contributed by atoms with Gasteiger partial charge in [-0.15, -0.1) is 13.2 Å². The van der Waals surface area contributed by atoms with E-state index in [-0.39, 0.29) is 5.75 Å². The van der Waals surface area contributed by atoms with Crippen molar-refractivity contribution in [1.29, 1.82) is 0 Å². The number of ether oxygens (including phenoxy) is 1. The molecule has 0 spiro atoms. The van der Waals surface area contributed by atoms with Gasteiger partial charge in [0.25, 0.3) is 0 Å². The van der Waals surface area contributed by atoms with Crippen molar-refractivity contribution in [3.8, 4) is 5.75 Å². The fraction of sp³-hybridized carbons (Fsp3) is 0.143. The summed E-state index contributed by atoms with van der Waals surface area (Å²) in [5.41, 5.74) is 7.29. The van der Waals surface area contributed by atoms with Gasteiger partial charge < -0.3 is 10.5 Å². The summed E-state index contributed by atoms with van der Waals surface area (Å²) in [5.74, 6) is -0.292. The average molecular weight is 302 g/mol. The Labute approximate surface area is 118 Å². The van der Waals surface area contributed by atoms with Crippen molar-refractivity contribution in [2.45, 2.75) is 12.4 Å². The van der Waals surface area contributed by atoms with Crippen LogP contribution in [0.3, 0.4) is 0 Å². The average Bonchev–Trinajstić information content (AvgIpc) is 2.37. The maximum Gasteiger partial charge on any atom is 0.573 e. The number of hydrogen-bond donors (Lipinski definition) is 1. The van der Waals surface area contributed by atoms with Gasteiger partial charge in [0.05, 0.1) is 6.04 Å². The molecule has 2 N–H and O–H groups in total. The van der Waals surface area contributed by atoms with Gasteiger partial charge in [0, 0.05) is 5.02 Å². The van der Waals surface area contributed by atoms with Gasteiger partial charge in [-0.3, -0.25) is 0 Å². The highest BCUT2D eigenvalue weighted by Gasteiger charge is 2.31. The van der Waals surface area contributed by atoms with Crippen LogP contribution in [0.2, 0.25) is 5.02 Å². The summed E-state index contributed by atoms with van der Waals surface area (Å²) in [4.78, 5) is 0. The van der Waals surface area contributed by atoms with Crippen LogP contribution in [0, 0.1) is 0 Å². The predicted octanol–water partition coefficient (Wildman–Crippen LogP) is 4.29. The second kappa shape index (κ2) is 5.73. The molecule has 0 aliphatic carbocycles. The quantitative estimate of drug-likeness (QED) is 0.918. The largest absolute Gasteiger partial charge is 0.573 e. The van der Waals surface area contributed by atoms with Gasteiger partial charge in [-0.05, 0) is 35.4 Å². The van der Waals surface area contributed by atoms with Crippen LogP contribution in [-0.4, -0.2) is 6.36 Å². The minimum atomic E-state index is -4.72. The lowest BCUT2D eigenvalue weighted by atomic mass is 9.99. The van der Waals surface area contributed by atoms with Crippen LogP contribution in [0.5, 0.6) is 5.75 Å². The van der Waals surface area contributed by atoms with Crippen molar-refractivity contribution in [2.75, 3.05) is 0 Å². The molecule has 0 amide bonds. The van der Waals surface area contributed by atoms with Gasteiger partial charge in [-0.2, -0.15) is 0 Å². The zero-order valence-corrected chi connectivity index (χ0v) is 10.9. The van der Waals surface area contributed by atoms with Gasteiger partial charge in [-0.25, -0.2) is 0 Å². The first-order chi connectivity index (χ1) is 9.35. The Morgan fingerprint density at radius 1 is 1.00 bits per heavy atom. The molecule has 0 aromatic heterocycles. The van der Waals surface area contributed by atoms with Crippen molar-refractivity contribution in [1.82, 2.24) is 0 Å². The topological polar surface area (TPSA) is 35.2 Å². The molecule has 0 radical (unpaired) electrons. The smallest absolute Gasteiger partial charge is 0.406 e. The second-order valence-corrected chi connectivity index (χ2v) is 4.59. The van der Waals surface area contributed by atoms with Gasteiger partial charge in [0.1, 0.15) is 5.75 Å². The molecule has 2 nitrogen and oxygen atoms in total. The lowest BCUT2D eigenvalue weighted by Crippen LogP contribution is -2.18. The third kappa shape index (κ3) is 3.88. The van der Waals surface area contributed by atoms with E-state index in [0.29, 0.717) is 10.6 Å². The van der Waals surface area contributed by atoms with Crippen LogP contribution in [0.4, 0.5) is 13.2 Å². The monoisotopic (exact) mass is 301 g/mol. The van der Waals surface area contributed by atoms with Crippen LogP contribution in [-0.2, 0) is 0 Å². The Morgan fingerprint density at radius 3 is 2.25 bits per heavy atom. The van der Waals surface area contributed by atoms with Crippen LogP contribution >= 0.6 is 11.6 Å². The Bertz CT molecular complexity index is 584. The van der Waals surface area contributed by atoms with Crippen molar-refractivity contribution in [3.63, 3.8) is 0 Å². The molecule has 0 heterocycles. The highest BCUT2D eigenvalue weighted by Crippen LogP contribution is 2.27. The van der Waals surface area contributed by atoms with Crippen LogP contribution < -0.4 is 10.5 Å². The Morgan fingerprint density at radius 2 is 1.65 bits per heavy atom. The zero-order valence-electron chi connectivity index (χ0n) is 10.2. The van der Waals surface area contributed by atoms with E-state index in [9.17, 15) is 13.2 Å². The van der Waals surface area contributed by atoms with E-state index in [0.717, 1.165) is 5.56 Å². The first kappa shape index (κ1) is 14.7. The maximum atomic E-state index is 12.2. The molecule has 0 saturated carbocycles. The normalized spacial score (nSPS) is 13.1. The van der Waals surface area contributed by atoms with E-state index >= 15 is 0 Å². The van der Waals surface area contributed by atoms with Crippen LogP contribution in [0.15, 0.2) is 48.5 Å². The summed E-state index contributed by atoms with van der Waals surface area (Å²) in [5, 5.41) is 0.565. The minimum Gasteiger partial charge on any atom is -0.406 e. The predicted molar refractivity (Wildman–Crippen MR) is 70.6 cm³/mol. The fourth-order valence-electron chi connectivity index (χ4n) is 1.77. The van der Waals surface area contributed by atoms with E-state index in [1.54, 1.807) is 30.3 Å². The van der Waals surface area contributed by atoms with Crippen LogP contribution in [0.1, 0.15) is 17.2 Å².